The Morgan fingerprint density at radius 2 is 1.94 bits per heavy atom. The molecule has 2 aliphatic rings. The lowest BCUT2D eigenvalue weighted by atomic mass is 9.92. The van der Waals surface area contributed by atoms with Crippen molar-refractivity contribution in [2.24, 2.45) is 11.8 Å². The molecular formula is C14H27NOS. The van der Waals surface area contributed by atoms with E-state index in [9.17, 15) is 4.79 Å². The maximum Gasteiger partial charge on any atom is 0.136 e. The predicted octanol–water partition coefficient (Wildman–Crippen LogP) is 3.81. The summed E-state index contributed by atoms with van der Waals surface area (Å²) >= 11 is 1.90. The van der Waals surface area contributed by atoms with Gasteiger partial charge in [0.25, 0.3) is 0 Å². The zero-order valence-electron chi connectivity index (χ0n) is 11.7. The molecule has 3 unspecified atom stereocenters. The number of carbonyl (C=O) groups excluding carboxylic acids is 1. The minimum absolute atomic E-state index is 0.326. The second-order valence-corrected chi connectivity index (χ2v) is 6.15. The van der Waals surface area contributed by atoms with E-state index in [-0.39, 0.29) is 0 Å². The van der Waals surface area contributed by atoms with E-state index >= 15 is 0 Å². The van der Waals surface area contributed by atoms with Crippen molar-refractivity contribution in [2.75, 3.05) is 0 Å². The predicted molar refractivity (Wildman–Crippen MR) is 76.1 cm³/mol. The molecule has 0 aromatic heterocycles. The summed E-state index contributed by atoms with van der Waals surface area (Å²) in [5, 5.41) is 0.862. The van der Waals surface area contributed by atoms with Gasteiger partial charge in [0.2, 0.25) is 0 Å². The number of Topliss-reactive ketones (excluding diaryl/α,β-unsaturated/α-hetero) is 1. The summed E-state index contributed by atoms with van der Waals surface area (Å²) in [6.07, 6.45) is 5.69. The maximum absolute atomic E-state index is 11.7. The fourth-order valence-electron chi connectivity index (χ4n) is 2.43. The Balaban J connectivity index is 0.000000686. The highest BCUT2D eigenvalue weighted by molar-refractivity contribution is 7.98. The molecule has 2 rings (SSSR count). The molecule has 0 heterocycles. The van der Waals surface area contributed by atoms with Crippen LogP contribution in [-0.2, 0) is 4.79 Å². The van der Waals surface area contributed by atoms with Crippen molar-refractivity contribution in [2.45, 2.75) is 71.1 Å². The Kier molecular flexibility index (Phi) is 6.57. The summed E-state index contributed by atoms with van der Waals surface area (Å²) in [5.41, 5.74) is 0. The number of hydrogen-bond acceptors (Lipinski definition) is 3. The number of ketones is 1. The molecule has 2 nitrogen and oxygen atoms in total. The smallest absolute Gasteiger partial charge is 0.136 e. The molecule has 3 heteroatoms. The molecule has 100 valence electrons. The number of carbonyl (C=O) groups is 1. The van der Waals surface area contributed by atoms with Gasteiger partial charge in [-0.05, 0) is 31.6 Å². The highest BCUT2D eigenvalue weighted by atomic mass is 32.2. The summed E-state index contributed by atoms with van der Waals surface area (Å²) in [5.74, 6) is 1.37. The van der Waals surface area contributed by atoms with Gasteiger partial charge >= 0.3 is 0 Å². The first kappa shape index (κ1) is 15.0. The minimum atomic E-state index is 0.326. The van der Waals surface area contributed by atoms with Crippen molar-refractivity contribution in [3.63, 3.8) is 0 Å². The van der Waals surface area contributed by atoms with Gasteiger partial charge in [-0.25, -0.2) is 0 Å². The third-order valence-corrected chi connectivity index (χ3v) is 4.84. The quantitative estimate of drug-likeness (QED) is 0.759. The van der Waals surface area contributed by atoms with Gasteiger partial charge in [0.05, 0.1) is 0 Å². The van der Waals surface area contributed by atoms with Gasteiger partial charge in [-0.1, -0.05) is 39.6 Å². The Labute approximate surface area is 110 Å². The fraction of sp³-hybridized carbons (Fsp3) is 0.929. The van der Waals surface area contributed by atoms with Crippen molar-refractivity contribution < 1.29 is 4.79 Å². The zero-order chi connectivity index (χ0) is 12.8. The van der Waals surface area contributed by atoms with Gasteiger partial charge in [-0.3, -0.25) is 9.52 Å². The Morgan fingerprint density at radius 3 is 2.47 bits per heavy atom. The van der Waals surface area contributed by atoms with E-state index in [1.54, 1.807) is 0 Å². The van der Waals surface area contributed by atoms with Crippen LogP contribution in [0.15, 0.2) is 0 Å². The SMILES string of the molecule is CC.CCC(=O)C1CC(NSC2CC2)CC1C. The average molecular weight is 257 g/mol. The molecule has 0 radical (unpaired) electrons. The highest BCUT2D eigenvalue weighted by Crippen LogP contribution is 2.37. The molecule has 0 aromatic rings. The zero-order valence-corrected chi connectivity index (χ0v) is 12.5. The molecular weight excluding hydrogens is 230 g/mol. The minimum Gasteiger partial charge on any atom is -0.299 e. The van der Waals surface area contributed by atoms with Gasteiger partial charge in [-0.2, -0.15) is 0 Å². The van der Waals surface area contributed by atoms with Crippen LogP contribution in [0.2, 0.25) is 0 Å². The number of nitrogens with one attached hydrogen (secondary N) is 1. The average Bonchev–Trinajstić information content (AvgIpc) is 3.11. The standard InChI is InChI=1S/C12H21NOS.C2H6/c1-3-12(14)11-7-9(6-8(11)2)13-15-10-4-5-10;1-2/h8-11,13H,3-7H2,1-2H3;1-2H3. The van der Waals surface area contributed by atoms with E-state index < -0.39 is 0 Å². The Morgan fingerprint density at radius 1 is 1.29 bits per heavy atom. The van der Waals surface area contributed by atoms with Crippen LogP contribution in [0.5, 0.6) is 0 Å². The van der Waals surface area contributed by atoms with Gasteiger partial charge in [0.15, 0.2) is 0 Å². The van der Waals surface area contributed by atoms with Crippen molar-refractivity contribution in [3.8, 4) is 0 Å². The first-order valence-electron chi connectivity index (χ1n) is 7.14. The second-order valence-electron chi connectivity index (χ2n) is 5.01. The van der Waals surface area contributed by atoms with E-state index in [1.165, 1.54) is 19.3 Å². The largest absolute Gasteiger partial charge is 0.299 e. The first-order valence-corrected chi connectivity index (χ1v) is 8.02. The first-order chi connectivity index (χ1) is 8.20. The molecule has 0 saturated heterocycles. The van der Waals surface area contributed by atoms with Crippen molar-refractivity contribution in [1.29, 1.82) is 0 Å². The van der Waals surface area contributed by atoms with Gasteiger partial charge in [0, 0.05) is 23.6 Å². The normalized spacial score (nSPS) is 31.9. The van der Waals surface area contributed by atoms with Crippen molar-refractivity contribution in [1.82, 2.24) is 4.72 Å². The van der Waals surface area contributed by atoms with Crippen molar-refractivity contribution in [3.05, 3.63) is 0 Å². The third kappa shape index (κ3) is 4.63. The van der Waals surface area contributed by atoms with Gasteiger partial charge < -0.3 is 0 Å². The molecule has 0 aromatic carbocycles. The highest BCUT2D eigenvalue weighted by Gasteiger charge is 2.35. The Bertz CT molecular complexity index is 240. The van der Waals surface area contributed by atoms with Crippen LogP contribution in [0.1, 0.15) is 59.8 Å². The van der Waals surface area contributed by atoms with Gasteiger partial charge in [0.1, 0.15) is 5.78 Å². The number of rotatable bonds is 5. The van der Waals surface area contributed by atoms with Crippen LogP contribution < -0.4 is 4.72 Å². The summed E-state index contributed by atoms with van der Waals surface area (Å²) in [6, 6.07) is 0.575. The van der Waals surface area contributed by atoms with Crippen LogP contribution in [-0.4, -0.2) is 17.1 Å². The molecule has 2 aliphatic carbocycles. The Hall–Kier alpha value is -0.0200. The van der Waals surface area contributed by atoms with Crippen molar-refractivity contribution >= 4 is 17.7 Å². The van der Waals surface area contributed by atoms with E-state index in [2.05, 4.69) is 11.6 Å². The summed E-state index contributed by atoms with van der Waals surface area (Å²) in [6.45, 7) is 8.20. The third-order valence-electron chi connectivity index (χ3n) is 3.57. The van der Waals surface area contributed by atoms with E-state index in [0.29, 0.717) is 30.1 Å². The van der Waals surface area contributed by atoms with Crippen LogP contribution in [0.3, 0.4) is 0 Å². The molecule has 0 bridgehead atoms. The van der Waals surface area contributed by atoms with E-state index in [4.69, 9.17) is 0 Å². The number of hydrogen-bond donors (Lipinski definition) is 1. The van der Waals surface area contributed by atoms with Crippen LogP contribution in [0.25, 0.3) is 0 Å². The summed E-state index contributed by atoms with van der Waals surface area (Å²) in [4.78, 5) is 11.7. The van der Waals surface area contributed by atoms with E-state index in [1.807, 2.05) is 32.7 Å². The molecule has 2 fully saturated rings. The topological polar surface area (TPSA) is 29.1 Å². The molecule has 2 saturated carbocycles. The van der Waals surface area contributed by atoms with E-state index in [0.717, 1.165) is 11.7 Å². The maximum atomic E-state index is 11.7. The van der Waals surface area contributed by atoms with Gasteiger partial charge in [-0.15, -0.1) is 0 Å². The summed E-state index contributed by atoms with van der Waals surface area (Å²) in [7, 11) is 0. The van der Waals surface area contributed by atoms with Crippen LogP contribution >= 0.6 is 11.9 Å². The lowest BCUT2D eigenvalue weighted by Gasteiger charge is -2.11. The van der Waals surface area contributed by atoms with Crippen LogP contribution in [0, 0.1) is 11.8 Å². The lowest BCUT2D eigenvalue weighted by molar-refractivity contribution is -0.123. The molecule has 3 atom stereocenters. The second kappa shape index (κ2) is 7.42. The lowest BCUT2D eigenvalue weighted by Crippen LogP contribution is -2.21. The monoisotopic (exact) mass is 257 g/mol. The molecule has 1 N–H and O–H groups in total. The van der Waals surface area contributed by atoms with Crippen LogP contribution in [0.4, 0.5) is 0 Å². The molecule has 0 spiro atoms. The molecule has 0 amide bonds. The molecule has 17 heavy (non-hydrogen) atoms. The molecule has 0 aliphatic heterocycles. The fourth-order valence-corrected chi connectivity index (χ4v) is 3.38. The summed E-state index contributed by atoms with van der Waals surface area (Å²) < 4.78 is 3.55.